The van der Waals surface area contributed by atoms with Crippen LogP contribution in [0.3, 0.4) is 0 Å². The van der Waals surface area contributed by atoms with Crippen LogP contribution in [-0.2, 0) is 0 Å². The van der Waals surface area contributed by atoms with Gasteiger partial charge in [-0.05, 0) is 75.5 Å². The van der Waals surface area contributed by atoms with E-state index in [4.69, 9.17) is 9.97 Å². The number of benzene rings is 2. The number of carbonyl (C=O) groups is 1. The molecule has 0 aliphatic carbocycles. The molecule has 0 unspecified atom stereocenters. The van der Waals surface area contributed by atoms with Gasteiger partial charge >= 0.3 is 0 Å². The van der Waals surface area contributed by atoms with Crippen molar-refractivity contribution in [3.63, 3.8) is 0 Å². The maximum absolute atomic E-state index is 15.3. The highest BCUT2D eigenvalue weighted by Crippen LogP contribution is 2.34. The number of ketones is 1. The first kappa shape index (κ1) is 43.2. The van der Waals surface area contributed by atoms with Gasteiger partial charge in [-0.3, -0.25) is 4.79 Å². The summed E-state index contributed by atoms with van der Waals surface area (Å²) in [5.41, 5.74) is 4.03. The molecule has 0 amide bonds. The number of hydrogen-bond donors (Lipinski definition) is 2. The molecule has 0 atom stereocenters. The Labute approximate surface area is 387 Å². The summed E-state index contributed by atoms with van der Waals surface area (Å²) < 4.78 is 32.4. The highest BCUT2D eigenvalue weighted by Gasteiger charge is 2.29. The summed E-state index contributed by atoms with van der Waals surface area (Å²) in [4.78, 5) is 60.9. The van der Waals surface area contributed by atoms with Crippen molar-refractivity contribution in [1.82, 2.24) is 49.7 Å². The van der Waals surface area contributed by atoms with Gasteiger partial charge in [0.2, 0.25) is 11.9 Å². The van der Waals surface area contributed by atoms with Crippen LogP contribution in [0.1, 0.15) is 39.8 Å². The number of piperazine rings is 2. The van der Waals surface area contributed by atoms with E-state index in [0.29, 0.717) is 71.7 Å². The Bertz CT molecular complexity index is 2900. The number of halogens is 2. The molecule has 0 spiro atoms. The first-order chi connectivity index (χ1) is 32.1. The van der Waals surface area contributed by atoms with E-state index in [1.54, 1.807) is 36.4 Å². The molecule has 2 aliphatic rings. The third-order valence-corrected chi connectivity index (χ3v) is 13.9. The smallest absolute Gasteiger partial charge is 0.229 e. The predicted octanol–water partition coefficient (Wildman–Crippen LogP) is 8.51. The molecule has 336 valence electrons. The number of fused-ring (bicyclic) bond motifs is 2. The third kappa shape index (κ3) is 8.85. The van der Waals surface area contributed by atoms with E-state index in [1.807, 2.05) is 38.1 Å². The zero-order valence-corrected chi connectivity index (χ0v) is 38.5. The molecule has 19 heteroatoms. The molecular weight excluding hydrogens is 879 g/mol. The van der Waals surface area contributed by atoms with Crippen molar-refractivity contribution in [2.45, 2.75) is 27.7 Å². The summed E-state index contributed by atoms with van der Waals surface area (Å²) in [6.45, 7) is 15.8. The van der Waals surface area contributed by atoms with Gasteiger partial charge in [0.25, 0.3) is 0 Å². The second-order valence-corrected chi connectivity index (χ2v) is 18.6. The largest absolute Gasteiger partial charge is 0.353 e. The van der Waals surface area contributed by atoms with E-state index in [9.17, 15) is 0 Å². The lowest BCUT2D eigenvalue weighted by molar-refractivity contribution is 0.103. The number of carbonyl (C=O) groups excluding carboxylic acids is 1. The highest BCUT2D eigenvalue weighted by atomic mass is 32.1. The average Bonchev–Trinajstić information content (AvgIpc) is 3.92. The monoisotopic (exact) mass is 924 g/mol. The van der Waals surface area contributed by atoms with Gasteiger partial charge in [0, 0.05) is 63.5 Å². The minimum Gasteiger partial charge on any atom is -0.353 e. The van der Waals surface area contributed by atoms with E-state index in [2.05, 4.69) is 74.0 Å². The minimum atomic E-state index is -0.554. The first-order valence-corrected chi connectivity index (χ1v) is 23.6. The molecule has 2 fully saturated rings. The number of nitrogens with one attached hydrogen (secondary N) is 2. The number of thiazole rings is 2. The zero-order chi connectivity index (χ0) is 45.5. The summed E-state index contributed by atoms with van der Waals surface area (Å²) >= 11 is 3.07. The predicted molar refractivity (Wildman–Crippen MR) is 258 cm³/mol. The van der Waals surface area contributed by atoms with Gasteiger partial charge in [0.1, 0.15) is 34.7 Å². The lowest BCUT2D eigenvalue weighted by atomic mass is 10.0. The molecule has 2 aliphatic heterocycles. The van der Waals surface area contributed by atoms with Crippen LogP contribution in [-0.4, -0.2) is 121 Å². The summed E-state index contributed by atoms with van der Waals surface area (Å²) in [5.74, 6) is 0.803. The number of pyridine rings is 2. The maximum atomic E-state index is 15.3. The van der Waals surface area contributed by atoms with Crippen molar-refractivity contribution in [3.05, 3.63) is 106 Å². The standard InChI is InChI=1S/C47H46F2N14OS2/c1-5-60-15-19-62(20-16-60)44-31(9-13-39(54-44)56-46-50-25-33(48)41(58-46)29-7-11-35-37(23-29)65-27(3)52-35)43(64)32-10-14-40(55-45(32)63-21-17-61(6-2)18-22-63)57-47-51-26-34(49)42(59-47)30-8-12-36-38(24-30)66-28(4)53-36/h7-14,23-26H,5-6,15-22H2,1-4H3,(H,50,54,56,58)(H,51,55,57,59). The van der Waals surface area contributed by atoms with Crippen molar-refractivity contribution in [2.75, 3.05) is 85.9 Å². The Morgan fingerprint density at radius 3 is 1.41 bits per heavy atom. The number of rotatable bonds is 12. The SMILES string of the molecule is CCN1CCN(c2nc(Nc3ncc(F)c(-c4ccc5nc(C)sc5c4)n3)ccc2C(=O)c2ccc(Nc3ncc(F)c(-c4ccc5nc(C)sc5c4)n3)nc2N2CCN(CC)CC2)CC1. The van der Waals surface area contributed by atoms with Gasteiger partial charge < -0.3 is 30.2 Å². The molecule has 6 aromatic heterocycles. The molecule has 2 aromatic carbocycles. The van der Waals surface area contributed by atoms with Gasteiger partial charge in [-0.2, -0.15) is 0 Å². The maximum Gasteiger partial charge on any atom is 0.229 e. The molecule has 2 N–H and O–H groups in total. The summed E-state index contributed by atoms with van der Waals surface area (Å²) in [5, 5.41) is 8.22. The molecular formula is C47H46F2N14OS2. The second kappa shape index (κ2) is 18.3. The van der Waals surface area contributed by atoms with E-state index in [0.717, 1.165) is 82.1 Å². The van der Waals surface area contributed by atoms with E-state index < -0.39 is 11.6 Å². The Morgan fingerprint density at radius 1 is 0.576 bits per heavy atom. The fourth-order valence-electron chi connectivity index (χ4n) is 8.43. The Kier molecular flexibility index (Phi) is 12.0. The molecule has 0 bridgehead atoms. The highest BCUT2D eigenvalue weighted by molar-refractivity contribution is 7.18. The van der Waals surface area contributed by atoms with Crippen LogP contribution in [0.25, 0.3) is 42.9 Å². The Balaban J connectivity index is 0.980. The van der Waals surface area contributed by atoms with Crippen LogP contribution in [0.4, 0.5) is 43.9 Å². The molecule has 8 heterocycles. The van der Waals surface area contributed by atoms with Crippen molar-refractivity contribution in [2.24, 2.45) is 0 Å². The van der Waals surface area contributed by atoms with Crippen LogP contribution in [0.2, 0.25) is 0 Å². The molecule has 10 rings (SSSR count). The number of likely N-dealkylation sites (N-methyl/N-ethyl adjacent to an activating group) is 2. The van der Waals surface area contributed by atoms with Crippen LogP contribution >= 0.6 is 22.7 Å². The molecule has 15 nitrogen and oxygen atoms in total. The van der Waals surface area contributed by atoms with Crippen LogP contribution in [0, 0.1) is 25.5 Å². The lowest BCUT2D eigenvalue weighted by Gasteiger charge is -2.36. The van der Waals surface area contributed by atoms with Crippen molar-refractivity contribution >= 4 is 84.1 Å². The third-order valence-electron chi connectivity index (χ3n) is 12.0. The van der Waals surface area contributed by atoms with E-state index in [1.165, 1.54) is 22.7 Å². The second-order valence-electron chi connectivity index (χ2n) is 16.2. The fourth-order valence-corrected chi connectivity index (χ4v) is 10.2. The van der Waals surface area contributed by atoms with E-state index in [-0.39, 0.29) is 29.1 Å². The summed E-state index contributed by atoms with van der Waals surface area (Å²) in [6.07, 6.45) is 2.29. The van der Waals surface area contributed by atoms with Crippen molar-refractivity contribution < 1.29 is 13.6 Å². The fraction of sp³-hybridized carbons (Fsp3) is 0.298. The average molecular weight is 925 g/mol. The van der Waals surface area contributed by atoms with Gasteiger partial charge in [0.15, 0.2) is 17.4 Å². The molecule has 0 radical (unpaired) electrons. The van der Waals surface area contributed by atoms with Crippen LogP contribution in [0.15, 0.2) is 73.1 Å². The number of aromatic nitrogens is 8. The van der Waals surface area contributed by atoms with Crippen LogP contribution < -0.4 is 20.4 Å². The zero-order valence-electron chi connectivity index (χ0n) is 36.8. The van der Waals surface area contributed by atoms with E-state index >= 15 is 13.6 Å². The number of anilines is 6. The summed E-state index contributed by atoms with van der Waals surface area (Å²) in [6, 6.07) is 18.1. The lowest BCUT2D eigenvalue weighted by Crippen LogP contribution is -2.47. The Hall–Kier alpha value is -6.67. The topological polar surface area (TPSA) is 157 Å². The molecule has 0 saturated carbocycles. The van der Waals surface area contributed by atoms with Crippen molar-refractivity contribution in [1.29, 1.82) is 0 Å². The first-order valence-electron chi connectivity index (χ1n) is 21.9. The number of aryl methyl sites for hydroxylation is 2. The van der Waals surface area contributed by atoms with Crippen LogP contribution in [0.5, 0.6) is 0 Å². The van der Waals surface area contributed by atoms with Gasteiger partial charge in [-0.25, -0.2) is 48.7 Å². The Morgan fingerprint density at radius 2 is 1.00 bits per heavy atom. The number of nitrogens with zero attached hydrogens (tertiary/aromatic N) is 12. The van der Waals surface area contributed by atoms with Gasteiger partial charge in [-0.1, -0.05) is 26.0 Å². The number of hydrogen-bond acceptors (Lipinski definition) is 17. The van der Waals surface area contributed by atoms with Crippen molar-refractivity contribution in [3.8, 4) is 22.5 Å². The minimum absolute atomic E-state index is 0.149. The molecule has 66 heavy (non-hydrogen) atoms. The van der Waals surface area contributed by atoms with Gasteiger partial charge in [-0.15, -0.1) is 22.7 Å². The summed E-state index contributed by atoms with van der Waals surface area (Å²) in [7, 11) is 0. The molecule has 8 aromatic rings. The van der Waals surface area contributed by atoms with Gasteiger partial charge in [0.05, 0.1) is 54.0 Å². The molecule has 2 saturated heterocycles. The quantitative estimate of drug-likeness (QED) is 0.112. The normalized spacial score (nSPS) is 14.9.